The minimum atomic E-state index is -3.37. The molecule has 1 aromatic carbocycles. The summed E-state index contributed by atoms with van der Waals surface area (Å²) in [7, 11) is -4.41. The van der Waals surface area contributed by atoms with E-state index in [4.69, 9.17) is 0 Å². The molecule has 1 N–H and O–H groups in total. The lowest BCUT2D eigenvalue weighted by atomic mass is 10.2. The smallest absolute Gasteiger partial charge is 0.211 e. The van der Waals surface area contributed by atoms with Crippen molar-refractivity contribution in [1.29, 1.82) is 0 Å². The van der Waals surface area contributed by atoms with Crippen molar-refractivity contribution in [1.82, 2.24) is 4.72 Å². The van der Waals surface area contributed by atoms with Gasteiger partial charge in [-0.2, -0.15) is 0 Å². The molecule has 0 aliphatic heterocycles. The molecule has 0 aliphatic carbocycles. The molecule has 0 aliphatic rings. The molecule has 0 atom stereocenters. The Hall–Kier alpha value is -0.913. The van der Waals surface area contributed by atoms with Gasteiger partial charge < -0.3 is 0 Å². The molecule has 20 heavy (non-hydrogen) atoms. The van der Waals surface area contributed by atoms with E-state index in [-0.39, 0.29) is 0 Å². The molecule has 0 spiro atoms. The van der Waals surface area contributed by atoms with E-state index < -0.39 is 18.1 Å². The van der Waals surface area contributed by atoms with Crippen molar-refractivity contribution < 1.29 is 8.42 Å². The molecule has 0 radical (unpaired) electrons. The Labute approximate surface area is 124 Å². The fraction of sp³-hybridized carbons (Fsp3) is 0.467. The van der Waals surface area contributed by atoms with E-state index in [2.05, 4.69) is 36.5 Å². The van der Waals surface area contributed by atoms with E-state index in [1.54, 1.807) is 12.1 Å². The lowest BCUT2D eigenvalue weighted by Crippen LogP contribution is -2.24. The average Bonchev–Trinajstić information content (AvgIpc) is 2.33. The molecule has 1 aromatic rings. The fourth-order valence-corrected chi connectivity index (χ4v) is 3.55. The topological polar surface area (TPSA) is 46.2 Å². The molecular weight excluding hydrogens is 286 g/mol. The van der Waals surface area contributed by atoms with Crippen LogP contribution in [0.1, 0.15) is 12.0 Å². The van der Waals surface area contributed by atoms with E-state index >= 15 is 0 Å². The quantitative estimate of drug-likeness (QED) is 0.475. The summed E-state index contributed by atoms with van der Waals surface area (Å²) in [4.78, 5) is 0.328. The summed E-state index contributed by atoms with van der Waals surface area (Å²) in [5.74, 6) is 0. The number of rotatable bonds is 7. The van der Waals surface area contributed by atoms with Gasteiger partial charge in [-0.1, -0.05) is 49.5 Å². The Balaban J connectivity index is 2.43. The predicted octanol–water partition coefficient (Wildman–Crippen LogP) is 3.56. The second-order valence-electron chi connectivity index (χ2n) is 6.24. The van der Waals surface area contributed by atoms with Crippen LogP contribution in [-0.4, -0.2) is 23.0 Å². The molecule has 0 unspecified atom stereocenters. The van der Waals surface area contributed by atoms with Crippen molar-refractivity contribution in [3.8, 4) is 0 Å². The third-order valence-electron chi connectivity index (χ3n) is 2.83. The van der Waals surface area contributed by atoms with Gasteiger partial charge in [0.1, 0.15) is 0 Å². The van der Waals surface area contributed by atoms with Crippen LogP contribution < -0.4 is 4.72 Å². The largest absolute Gasteiger partial charge is 0.240 e. The van der Waals surface area contributed by atoms with Crippen molar-refractivity contribution in [2.45, 2.75) is 43.9 Å². The fourth-order valence-electron chi connectivity index (χ4n) is 1.63. The Kier molecular flexibility index (Phi) is 6.17. The summed E-state index contributed by atoms with van der Waals surface area (Å²) in [5.41, 5.74) is 1.05. The summed E-state index contributed by atoms with van der Waals surface area (Å²) in [6.07, 6.45) is 4.97. The summed E-state index contributed by atoms with van der Waals surface area (Å²) >= 11 is 0. The van der Waals surface area contributed by atoms with Gasteiger partial charge in [0.15, 0.2) is 0 Å². The number of hydrogen-bond donors (Lipinski definition) is 1. The van der Waals surface area contributed by atoms with Crippen LogP contribution >= 0.6 is 0 Å². The monoisotopic (exact) mass is 311 g/mol. The second-order valence-corrected chi connectivity index (χ2v) is 13.5. The lowest BCUT2D eigenvalue weighted by Gasteiger charge is -2.11. The van der Waals surface area contributed by atoms with Crippen molar-refractivity contribution in [2.24, 2.45) is 0 Å². The Morgan fingerprint density at radius 2 is 1.70 bits per heavy atom. The van der Waals surface area contributed by atoms with Crippen molar-refractivity contribution in [3.05, 3.63) is 42.0 Å². The zero-order valence-corrected chi connectivity index (χ0v) is 14.6. The third-order valence-corrected chi connectivity index (χ3v) is 5.77. The Morgan fingerprint density at radius 3 is 2.25 bits per heavy atom. The Bertz CT molecular complexity index is 542. The van der Waals surface area contributed by atoms with Gasteiger partial charge in [-0.3, -0.25) is 0 Å². The molecule has 0 saturated heterocycles. The van der Waals surface area contributed by atoms with Crippen LogP contribution in [0, 0.1) is 6.92 Å². The molecule has 0 fully saturated rings. The maximum absolute atomic E-state index is 12.0. The highest BCUT2D eigenvalue weighted by Crippen LogP contribution is 2.10. The van der Waals surface area contributed by atoms with Gasteiger partial charge in [0.05, 0.1) is 4.90 Å². The highest BCUT2D eigenvalue weighted by atomic mass is 32.2. The van der Waals surface area contributed by atoms with Crippen LogP contribution in [0.5, 0.6) is 0 Å². The molecule has 0 saturated carbocycles. The van der Waals surface area contributed by atoms with Gasteiger partial charge in [0, 0.05) is 14.6 Å². The van der Waals surface area contributed by atoms with Gasteiger partial charge in [-0.15, -0.1) is 0 Å². The number of sulfonamides is 1. The molecule has 5 heteroatoms. The number of benzene rings is 1. The minimum Gasteiger partial charge on any atom is -0.211 e. The van der Waals surface area contributed by atoms with Crippen LogP contribution in [0.3, 0.4) is 0 Å². The first kappa shape index (κ1) is 17.1. The van der Waals surface area contributed by atoms with Gasteiger partial charge in [-0.25, -0.2) is 13.1 Å². The molecule has 0 heterocycles. The SMILES string of the molecule is Cc1ccc(S(=O)(=O)NCC/C=C/C[Si](C)(C)C)cc1. The van der Waals surface area contributed by atoms with Crippen molar-refractivity contribution in [3.63, 3.8) is 0 Å². The maximum Gasteiger partial charge on any atom is 0.240 e. The molecule has 0 amide bonds. The van der Waals surface area contributed by atoms with Crippen LogP contribution in [0.15, 0.2) is 41.3 Å². The zero-order valence-electron chi connectivity index (χ0n) is 12.8. The Morgan fingerprint density at radius 1 is 1.10 bits per heavy atom. The van der Waals surface area contributed by atoms with E-state index in [1.165, 1.54) is 0 Å². The van der Waals surface area contributed by atoms with E-state index in [1.807, 2.05) is 19.1 Å². The summed E-state index contributed by atoms with van der Waals surface area (Å²) in [5, 5.41) is 0. The normalized spacial score (nSPS) is 13.0. The lowest BCUT2D eigenvalue weighted by molar-refractivity contribution is 0.582. The average molecular weight is 312 g/mol. The number of aryl methyl sites for hydroxylation is 1. The summed E-state index contributed by atoms with van der Waals surface area (Å²) in [6, 6.07) is 8.03. The first-order valence-electron chi connectivity index (χ1n) is 6.92. The number of allylic oxidation sites excluding steroid dienone is 1. The predicted molar refractivity (Wildman–Crippen MR) is 88.3 cm³/mol. The summed E-state index contributed by atoms with van der Waals surface area (Å²) in [6.45, 7) is 9.33. The molecular formula is C15H25NO2SSi. The van der Waals surface area contributed by atoms with Crippen molar-refractivity contribution >= 4 is 18.1 Å². The van der Waals surface area contributed by atoms with Crippen LogP contribution in [0.2, 0.25) is 25.7 Å². The van der Waals surface area contributed by atoms with E-state index in [0.717, 1.165) is 18.0 Å². The zero-order chi connectivity index (χ0) is 15.2. The molecule has 3 nitrogen and oxygen atoms in total. The highest BCUT2D eigenvalue weighted by Gasteiger charge is 2.12. The van der Waals surface area contributed by atoms with Crippen LogP contribution in [0.4, 0.5) is 0 Å². The van der Waals surface area contributed by atoms with E-state index in [0.29, 0.717) is 11.4 Å². The van der Waals surface area contributed by atoms with Gasteiger partial charge in [0.25, 0.3) is 0 Å². The van der Waals surface area contributed by atoms with Gasteiger partial charge in [0.2, 0.25) is 10.0 Å². The molecule has 0 aromatic heterocycles. The second kappa shape index (κ2) is 7.20. The molecule has 112 valence electrons. The first-order chi connectivity index (χ1) is 9.21. The number of hydrogen-bond acceptors (Lipinski definition) is 2. The van der Waals surface area contributed by atoms with E-state index in [9.17, 15) is 8.42 Å². The van der Waals surface area contributed by atoms with Crippen molar-refractivity contribution in [2.75, 3.05) is 6.54 Å². The number of nitrogens with one attached hydrogen (secondary N) is 1. The molecule has 1 rings (SSSR count). The standard InChI is InChI=1S/C15H25NO2SSi/c1-14-8-10-15(11-9-14)19(17,18)16-12-6-5-7-13-20(2,3)4/h5,7-11,16H,6,12-13H2,1-4H3/b7-5+. The first-order valence-corrected chi connectivity index (χ1v) is 12.1. The third kappa shape index (κ3) is 6.50. The molecule has 0 bridgehead atoms. The maximum atomic E-state index is 12.0. The van der Waals surface area contributed by atoms with Gasteiger partial charge >= 0.3 is 0 Å². The van der Waals surface area contributed by atoms with Crippen LogP contribution in [-0.2, 0) is 10.0 Å². The van der Waals surface area contributed by atoms with Gasteiger partial charge in [-0.05, 0) is 31.5 Å². The summed E-state index contributed by atoms with van der Waals surface area (Å²) < 4.78 is 26.6. The van der Waals surface area contributed by atoms with Crippen LogP contribution in [0.25, 0.3) is 0 Å². The minimum absolute atomic E-state index is 0.328. The highest BCUT2D eigenvalue weighted by molar-refractivity contribution is 7.89.